The van der Waals surface area contributed by atoms with Crippen molar-refractivity contribution in [2.75, 3.05) is 38.2 Å². The molecule has 7 nitrogen and oxygen atoms in total. The highest BCUT2D eigenvalue weighted by atomic mass is 16.5. The first-order valence-corrected chi connectivity index (χ1v) is 9.73. The summed E-state index contributed by atoms with van der Waals surface area (Å²) in [7, 11) is 1.66. The van der Waals surface area contributed by atoms with Gasteiger partial charge in [-0.2, -0.15) is 0 Å². The second-order valence-electron chi connectivity index (χ2n) is 8.12. The van der Waals surface area contributed by atoms with Crippen LogP contribution in [0.3, 0.4) is 0 Å². The molecule has 0 saturated carbocycles. The minimum absolute atomic E-state index is 0.109. The van der Waals surface area contributed by atoms with Gasteiger partial charge in [-0.05, 0) is 39.0 Å². The van der Waals surface area contributed by atoms with Gasteiger partial charge in [0.25, 0.3) is 11.8 Å². The van der Waals surface area contributed by atoms with Crippen LogP contribution in [0.15, 0.2) is 42.7 Å². The summed E-state index contributed by atoms with van der Waals surface area (Å²) < 4.78 is 5.44. The summed E-state index contributed by atoms with van der Waals surface area (Å²) in [5.41, 5.74) is 1.49. The average molecular weight is 396 g/mol. The van der Waals surface area contributed by atoms with Crippen LogP contribution < -0.4 is 15.0 Å². The minimum atomic E-state index is -0.355. The summed E-state index contributed by atoms with van der Waals surface area (Å²) >= 11 is 0. The Morgan fingerprint density at radius 2 is 1.69 bits per heavy atom. The summed E-state index contributed by atoms with van der Waals surface area (Å²) in [6.45, 7) is 8.34. The molecule has 1 aromatic heterocycles. The minimum Gasteiger partial charge on any atom is -0.495 e. The van der Waals surface area contributed by atoms with E-state index in [1.807, 2.05) is 45.0 Å². The van der Waals surface area contributed by atoms with Crippen LogP contribution in [0.2, 0.25) is 0 Å². The first-order valence-electron chi connectivity index (χ1n) is 9.73. The maximum atomic E-state index is 12.9. The Kier molecular flexibility index (Phi) is 6.06. The van der Waals surface area contributed by atoms with E-state index in [2.05, 4.69) is 15.2 Å². The van der Waals surface area contributed by atoms with Crippen molar-refractivity contribution >= 4 is 17.5 Å². The highest BCUT2D eigenvalue weighted by Gasteiger charge is 2.25. The van der Waals surface area contributed by atoms with Crippen LogP contribution >= 0.6 is 0 Å². The number of hydrogen-bond acceptors (Lipinski definition) is 5. The Morgan fingerprint density at radius 3 is 2.34 bits per heavy atom. The molecule has 7 heteroatoms. The predicted octanol–water partition coefficient (Wildman–Crippen LogP) is 2.58. The fraction of sp³-hybridized carbons (Fsp3) is 0.409. The molecule has 0 unspecified atom stereocenters. The zero-order valence-corrected chi connectivity index (χ0v) is 17.4. The molecule has 29 heavy (non-hydrogen) atoms. The molecule has 1 aromatic carbocycles. The number of ether oxygens (including phenoxy) is 1. The SMILES string of the molecule is COc1ccccc1N1CCN(C(=O)c2cncc(C(=O)NC(C)(C)C)c2)CC1. The van der Waals surface area contributed by atoms with E-state index >= 15 is 0 Å². The van der Waals surface area contributed by atoms with Gasteiger partial charge in [0.1, 0.15) is 5.75 Å². The number of amides is 2. The zero-order valence-electron chi connectivity index (χ0n) is 17.4. The maximum absolute atomic E-state index is 12.9. The Balaban J connectivity index is 1.67. The number of pyridine rings is 1. The van der Waals surface area contributed by atoms with Gasteiger partial charge in [0, 0.05) is 44.1 Å². The normalized spacial score (nSPS) is 14.5. The molecule has 0 aliphatic carbocycles. The van der Waals surface area contributed by atoms with Crippen LogP contribution in [-0.2, 0) is 0 Å². The van der Waals surface area contributed by atoms with Gasteiger partial charge in [0.15, 0.2) is 0 Å². The fourth-order valence-corrected chi connectivity index (χ4v) is 3.32. The first-order chi connectivity index (χ1) is 13.8. The maximum Gasteiger partial charge on any atom is 0.255 e. The smallest absolute Gasteiger partial charge is 0.255 e. The molecule has 3 rings (SSSR count). The van der Waals surface area contributed by atoms with Crippen LogP contribution in [0, 0.1) is 0 Å². The van der Waals surface area contributed by atoms with Gasteiger partial charge in [-0.15, -0.1) is 0 Å². The number of carbonyl (C=O) groups excluding carboxylic acids is 2. The lowest BCUT2D eigenvalue weighted by molar-refractivity contribution is 0.0746. The largest absolute Gasteiger partial charge is 0.495 e. The average Bonchev–Trinajstić information content (AvgIpc) is 2.72. The Hall–Kier alpha value is -3.09. The van der Waals surface area contributed by atoms with Crippen molar-refractivity contribution in [2.45, 2.75) is 26.3 Å². The number of carbonyl (C=O) groups is 2. The lowest BCUT2D eigenvalue weighted by atomic mass is 10.1. The third-order valence-corrected chi connectivity index (χ3v) is 4.73. The van der Waals surface area contributed by atoms with E-state index < -0.39 is 0 Å². The molecule has 1 fully saturated rings. The lowest BCUT2D eigenvalue weighted by Crippen LogP contribution is -2.49. The van der Waals surface area contributed by atoms with E-state index in [-0.39, 0.29) is 17.4 Å². The number of anilines is 1. The summed E-state index contributed by atoms with van der Waals surface area (Å²) in [6.07, 6.45) is 3.00. The van der Waals surface area contributed by atoms with Gasteiger partial charge in [-0.3, -0.25) is 14.6 Å². The summed E-state index contributed by atoms with van der Waals surface area (Å²) in [5.74, 6) is 0.484. The van der Waals surface area contributed by atoms with E-state index in [0.29, 0.717) is 37.3 Å². The van der Waals surface area contributed by atoms with E-state index in [9.17, 15) is 9.59 Å². The van der Waals surface area contributed by atoms with Gasteiger partial charge in [0.2, 0.25) is 0 Å². The number of nitrogens with one attached hydrogen (secondary N) is 1. The third kappa shape index (κ3) is 5.04. The number of hydrogen-bond donors (Lipinski definition) is 1. The Bertz CT molecular complexity index is 884. The van der Waals surface area contributed by atoms with Gasteiger partial charge in [-0.1, -0.05) is 12.1 Å². The summed E-state index contributed by atoms with van der Waals surface area (Å²) in [4.78, 5) is 33.4. The molecule has 2 amide bonds. The first kappa shape index (κ1) is 20.6. The molecule has 1 saturated heterocycles. The van der Waals surface area contributed by atoms with Crippen molar-refractivity contribution < 1.29 is 14.3 Å². The molecule has 0 radical (unpaired) electrons. The Morgan fingerprint density at radius 1 is 1.03 bits per heavy atom. The quantitative estimate of drug-likeness (QED) is 0.860. The lowest BCUT2D eigenvalue weighted by Gasteiger charge is -2.36. The molecule has 1 aliphatic rings. The van der Waals surface area contributed by atoms with Crippen LogP contribution in [-0.4, -0.2) is 60.5 Å². The van der Waals surface area contributed by atoms with Gasteiger partial charge in [-0.25, -0.2) is 0 Å². The van der Waals surface area contributed by atoms with Gasteiger partial charge >= 0.3 is 0 Å². The number of piperazine rings is 1. The summed E-state index contributed by atoms with van der Waals surface area (Å²) in [5, 5.41) is 2.89. The van der Waals surface area contributed by atoms with Crippen molar-refractivity contribution in [3.05, 3.63) is 53.9 Å². The highest BCUT2D eigenvalue weighted by molar-refractivity contribution is 5.99. The van der Waals surface area contributed by atoms with Gasteiger partial charge in [0.05, 0.1) is 23.9 Å². The van der Waals surface area contributed by atoms with Crippen LogP contribution in [0.4, 0.5) is 5.69 Å². The van der Waals surface area contributed by atoms with E-state index in [1.54, 1.807) is 18.1 Å². The second-order valence-corrected chi connectivity index (χ2v) is 8.12. The molecule has 2 heterocycles. The third-order valence-electron chi connectivity index (χ3n) is 4.73. The number of para-hydroxylation sites is 2. The number of nitrogens with zero attached hydrogens (tertiary/aromatic N) is 3. The molecule has 0 spiro atoms. The molecule has 1 N–H and O–H groups in total. The standard InChI is InChI=1S/C22H28N4O3/c1-22(2,3)24-20(27)16-13-17(15-23-14-16)21(28)26-11-9-25(10-12-26)18-7-5-6-8-19(18)29-4/h5-8,13-15H,9-12H2,1-4H3,(H,24,27). The van der Waals surface area contributed by atoms with E-state index in [4.69, 9.17) is 4.74 Å². The molecule has 2 aromatic rings. The molecule has 154 valence electrons. The van der Waals surface area contributed by atoms with Crippen LogP contribution in [0.25, 0.3) is 0 Å². The number of aromatic nitrogens is 1. The fourth-order valence-electron chi connectivity index (χ4n) is 3.32. The molecular weight excluding hydrogens is 368 g/mol. The molecule has 0 atom stereocenters. The van der Waals surface area contributed by atoms with Crippen molar-refractivity contribution in [1.29, 1.82) is 0 Å². The van der Waals surface area contributed by atoms with Gasteiger partial charge < -0.3 is 19.9 Å². The predicted molar refractivity (Wildman–Crippen MR) is 113 cm³/mol. The summed E-state index contributed by atoms with van der Waals surface area (Å²) in [6, 6.07) is 9.50. The Labute approximate surface area is 171 Å². The number of methoxy groups -OCH3 is 1. The second kappa shape index (κ2) is 8.51. The van der Waals surface area contributed by atoms with Crippen LogP contribution in [0.5, 0.6) is 5.75 Å². The van der Waals surface area contributed by atoms with Crippen LogP contribution in [0.1, 0.15) is 41.5 Å². The van der Waals surface area contributed by atoms with Crippen molar-refractivity contribution in [3.8, 4) is 5.75 Å². The molecular formula is C22H28N4O3. The van der Waals surface area contributed by atoms with E-state index in [0.717, 1.165) is 11.4 Å². The molecule has 0 bridgehead atoms. The zero-order chi connectivity index (χ0) is 21.0. The van der Waals surface area contributed by atoms with Crippen molar-refractivity contribution in [1.82, 2.24) is 15.2 Å². The van der Waals surface area contributed by atoms with E-state index in [1.165, 1.54) is 12.4 Å². The topological polar surface area (TPSA) is 74.8 Å². The highest BCUT2D eigenvalue weighted by Crippen LogP contribution is 2.28. The number of benzene rings is 1. The monoisotopic (exact) mass is 396 g/mol. The van der Waals surface area contributed by atoms with Crippen molar-refractivity contribution in [2.24, 2.45) is 0 Å². The molecule has 1 aliphatic heterocycles. The van der Waals surface area contributed by atoms with Crippen molar-refractivity contribution in [3.63, 3.8) is 0 Å². The number of rotatable bonds is 4.